The smallest absolute Gasteiger partial charge is 0.181 e. The number of aryl methyl sites for hydroxylation is 2. The van der Waals surface area contributed by atoms with Crippen molar-refractivity contribution in [1.29, 1.82) is 0 Å². The second-order valence-electron chi connectivity index (χ2n) is 5.68. The number of hydrogen-bond donors (Lipinski definition) is 0. The molecule has 3 nitrogen and oxygen atoms in total. The summed E-state index contributed by atoms with van der Waals surface area (Å²) in [5, 5.41) is 0. The summed E-state index contributed by atoms with van der Waals surface area (Å²) in [7, 11) is 0. The van der Waals surface area contributed by atoms with Crippen molar-refractivity contribution in [2.45, 2.75) is 46.0 Å². The second-order valence-corrected chi connectivity index (χ2v) is 6.79. The van der Waals surface area contributed by atoms with Gasteiger partial charge in [0.2, 0.25) is 0 Å². The first-order chi connectivity index (χ1) is 10.8. The molecular weight excluding hydrogens is 294 g/mol. The maximum atomic E-state index is 5.90. The standard InChI is InChI=1S/C18H23NO2S/c1-3-4-5-6-10-15-16-17(21-12-11-20-16)18(22-15)14-9-7-8-13(2)19-14/h7-9H,3-6,10-12H2,1-2H3. The van der Waals surface area contributed by atoms with Crippen molar-refractivity contribution in [2.24, 2.45) is 0 Å². The molecule has 0 aliphatic carbocycles. The zero-order valence-electron chi connectivity index (χ0n) is 13.4. The van der Waals surface area contributed by atoms with E-state index in [0.29, 0.717) is 13.2 Å². The molecule has 3 heterocycles. The van der Waals surface area contributed by atoms with Crippen molar-refractivity contribution in [3.63, 3.8) is 0 Å². The van der Waals surface area contributed by atoms with Crippen molar-refractivity contribution in [3.8, 4) is 22.1 Å². The Kier molecular flexibility index (Phi) is 4.98. The molecule has 2 aromatic heterocycles. The van der Waals surface area contributed by atoms with E-state index in [9.17, 15) is 0 Å². The van der Waals surface area contributed by atoms with Crippen LogP contribution in [0.25, 0.3) is 10.6 Å². The molecular formula is C18H23NO2S. The number of thiophene rings is 1. The van der Waals surface area contributed by atoms with E-state index in [2.05, 4.69) is 18.0 Å². The van der Waals surface area contributed by atoms with Crippen molar-refractivity contribution >= 4 is 11.3 Å². The summed E-state index contributed by atoms with van der Waals surface area (Å²) in [6.07, 6.45) is 6.13. The molecule has 0 unspecified atom stereocenters. The van der Waals surface area contributed by atoms with Gasteiger partial charge in [-0.15, -0.1) is 11.3 Å². The molecule has 3 rings (SSSR count). The van der Waals surface area contributed by atoms with Crippen molar-refractivity contribution in [3.05, 3.63) is 28.8 Å². The van der Waals surface area contributed by atoms with E-state index in [1.807, 2.05) is 19.1 Å². The van der Waals surface area contributed by atoms with Crippen LogP contribution in [-0.4, -0.2) is 18.2 Å². The van der Waals surface area contributed by atoms with E-state index in [4.69, 9.17) is 9.47 Å². The minimum Gasteiger partial charge on any atom is -0.485 e. The molecule has 1 aliphatic rings. The molecule has 22 heavy (non-hydrogen) atoms. The highest BCUT2D eigenvalue weighted by molar-refractivity contribution is 7.16. The van der Waals surface area contributed by atoms with Crippen LogP contribution in [-0.2, 0) is 6.42 Å². The minimum atomic E-state index is 0.623. The Morgan fingerprint density at radius 1 is 1.09 bits per heavy atom. The fraction of sp³-hybridized carbons (Fsp3) is 0.500. The fourth-order valence-corrected chi connectivity index (χ4v) is 3.92. The third-order valence-electron chi connectivity index (χ3n) is 3.85. The molecule has 0 amide bonds. The van der Waals surface area contributed by atoms with Crippen molar-refractivity contribution < 1.29 is 9.47 Å². The molecule has 0 aromatic carbocycles. The molecule has 0 atom stereocenters. The topological polar surface area (TPSA) is 31.4 Å². The third kappa shape index (κ3) is 3.27. The zero-order chi connectivity index (χ0) is 15.4. The molecule has 0 radical (unpaired) electrons. The van der Waals surface area contributed by atoms with Gasteiger partial charge in [0.25, 0.3) is 0 Å². The summed E-state index contributed by atoms with van der Waals surface area (Å²) >= 11 is 1.78. The maximum Gasteiger partial charge on any atom is 0.181 e. The quantitative estimate of drug-likeness (QED) is 0.702. The van der Waals surface area contributed by atoms with E-state index in [1.54, 1.807) is 11.3 Å². The molecule has 0 spiro atoms. The maximum absolute atomic E-state index is 5.90. The van der Waals surface area contributed by atoms with Crippen LogP contribution in [0.15, 0.2) is 18.2 Å². The van der Waals surface area contributed by atoms with E-state index in [0.717, 1.165) is 34.2 Å². The van der Waals surface area contributed by atoms with Crippen LogP contribution >= 0.6 is 11.3 Å². The van der Waals surface area contributed by atoms with Crippen LogP contribution in [0.5, 0.6) is 11.5 Å². The Morgan fingerprint density at radius 2 is 1.91 bits per heavy atom. The molecule has 0 fully saturated rings. The summed E-state index contributed by atoms with van der Waals surface area (Å²) in [5.41, 5.74) is 2.02. The van der Waals surface area contributed by atoms with E-state index < -0.39 is 0 Å². The lowest BCUT2D eigenvalue weighted by Gasteiger charge is -2.17. The van der Waals surface area contributed by atoms with Gasteiger partial charge in [-0.25, -0.2) is 0 Å². The first-order valence-electron chi connectivity index (χ1n) is 8.15. The predicted octanol–water partition coefficient (Wildman–Crippen LogP) is 5.01. The highest BCUT2D eigenvalue weighted by Crippen LogP contribution is 2.49. The number of hydrogen-bond acceptors (Lipinski definition) is 4. The number of rotatable bonds is 6. The van der Waals surface area contributed by atoms with Gasteiger partial charge in [0.05, 0.1) is 15.4 Å². The summed E-state index contributed by atoms with van der Waals surface area (Å²) in [6, 6.07) is 6.12. The third-order valence-corrected chi connectivity index (χ3v) is 5.08. The summed E-state index contributed by atoms with van der Waals surface area (Å²) in [5.74, 6) is 1.87. The minimum absolute atomic E-state index is 0.623. The number of aromatic nitrogens is 1. The Hall–Kier alpha value is -1.55. The predicted molar refractivity (Wildman–Crippen MR) is 91.1 cm³/mol. The number of pyridine rings is 1. The van der Waals surface area contributed by atoms with Gasteiger partial charge in [-0.1, -0.05) is 32.3 Å². The lowest BCUT2D eigenvalue weighted by molar-refractivity contribution is 0.172. The molecule has 0 saturated carbocycles. The van der Waals surface area contributed by atoms with Gasteiger partial charge in [0.1, 0.15) is 13.2 Å². The molecule has 0 saturated heterocycles. The summed E-state index contributed by atoms with van der Waals surface area (Å²) < 4.78 is 11.8. The largest absolute Gasteiger partial charge is 0.485 e. The number of fused-ring (bicyclic) bond motifs is 1. The normalized spacial score (nSPS) is 13.4. The van der Waals surface area contributed by atoms with Gasteiger partial charge in [-0.2, -0.15) is 0 Å². The van der Waals surface area contributed by atoms with Crippen molar-refractivity contribution in [1.82, 2.24) is 4.98 Å². The van der Waals surface area contributed by atoms with Gasteiger partial charge >= 0.3 is 0 Å². The number of nitrogens with zero attached hydrogens (tertiary/aromatic N) is 1. The zero-order valence-corrected chi connectivity index (χ0v) is 14.2. The summed E-state index contributed by atoms with van der Waals surface area (Å²) in [4.78, 5) is 7.07. The molecule has 0 N–H and O–H groups in total. The average Bonchev–Trinajstić information content (AvgIpc) is 2.91. The van der Waals surface area contributed by atoms with E-state index >= 15 is 0 Å². The highest BCUT2D eigenvalue weighted by Gasteiger charge is 2.25. The fourth-order valence-electron chi connectivity index (χ4n) is 2.73. The monoisotopic (exact) mass is 317 g/mol. The van der Waals surface area contributed by atoms with Gasteiger partial charge < -0.3 is 9.47 Å². The van der Waals surface area contributed by atoms with Crippen LogP contribution in [0.3, 0.4) is 0 Å². The van der Waals surface area contributed by atoms with Gasteiger partial charge in [0, 0.05) is 5.69 Å². The van der Waals surface area contributed by atoms with Crippen LogP contribution in [0, 0.1) is 6.92 Å². The first kappa shape index (κ1) is 15.3. The van der Waals surface area contributed by atoms with Gasteiger partial charge in [0.15, 0.2) is 11.5 Å². The molecule has 118 valence electrons. The molecule has 1 aliphatic heterocycles. The van der Waals surface area contributed by atoms with Crippen LogP contribution < -0.4 is 9.47 Å². The second kappa shape index (κ2) is 7.14. The number of ether oxygens (including phenoxy) is 2. The number of unbranched alkanes of at least 4 members (excludes halogenated alkanes) is 3. The van der Waals surface area contributed by atoms with Crippen LogP contribution in [0.2, 0.25) is 0 Å². The van der Waals surface area contributed by atoms with Crippen LogP contribution in [0.4, 0.5) is 0 Å². The molecule has 4 heteroatoms. The molecule has 0 bridgehead atoms. The van der Waals surface area contributed by atoms with E-state index in [1.165, 1.54) is 30.6 Å². The van der Waals surface area contributed by atoms with E-state index in [-0.39, 0.29) is 0 Å². The molecule has 2 aromatic rings. The lowest BCUT2D eigenvalue weighted by Crippen LogP contribution is -2.15. The Balaban J connectivity index is 1.88. The Labute approximate surface area is 136 Å². The summed E-state index contributed by atoms with van der Waals surface area (Å²) in [6.45, 7) is 5.53. The van der Waals surface area contributed by atoms with Gasteiger partial charge in [-0.05, 0) is 31.9 Å². The van der Waals surface area contributed by atoms with Gasteiger partial charge in [-0.3, -0.25) is 4.98 Å². The van der Waals surface area contributed by atoms with Crippen molar-refractivity contribution in [2.75, 3.05) is 13.2 Å². The lowest BCUT2D eigenvalue weighted by atomic mass is 10.1. The first-order valence-corrected chi connectivity index (χ1v) is 8.96. The Bertz CT molecular complexity index is 636. The highest BCUT2D eigenvalue weighted by atomic mass is 32.1. The Morgan fingerprint density at radius 3 is 2.68 bits per heavy atom. The van der Waals surface area contributed by atoms with Crippen LogP contribution in [0.1, 0.15) is 43.2 Å². The SMILES string of the molecule is CCCCCCc1sc(-c2cccc(C)n2)c2c1OCCO2. The average molecular weight is 317 g/mol.